The molecule has 0 aromatic carbocycles. The number of nitrogens with one attached hydrogen (secondary N) is 1. The van der Waals surface area contributed by atoms with E-state index < -0.39 is 0 Å². The van der Waals surface area contributed by atoms with E-state index in [1.165, 1.54) is 0 Å². The number of amides is 1. The van der Waals surface area contributed by atoms with Gasteiger partial charge >= 0.3 is 0 Å². The third-order valence-corrected chi connectivity index (χ3v) is 3.86. The number of nitrogens with zero attached hydrogens (tertiary/aromatic N) is 2. The number of hydrogen-bond donors (Lipinski definition) is 1. The number of piperazine rings is 1. The third kappa shape index (κ3) is 5.49. The van der Waals surface area contributed by atoms with E-state index in [0.717, 1.165) is 45.4 Å². The Morgan fingerprint density at radius 3 is 2.63 bits per heavy atom. The molecule has 1 amide bonds. The number of unbranched alkanes of at least 4 members (excludes halogenated alkanes) is 1. The minimum Gasteiger partial charge on any atom is -0.342 e. The van der Waals surface area contributed by atoms with Gasteiger partial charge in [-0.15, -0.1) is 0 Å². The summed E-state index contributed by atoms with van der Waals surface area (Å²) in [5.41, 5.74) is 0. The lowest BCUT2D eigenvalue weighted by molar-refractivity contribution is -0.133. The van der Waals surface area contributed by atoms with Crippen LogP contribution in [0.2, 0.25) is 0 Å². The molecule has 112 valence electrons. The lowest BCUT2D eigenvalue weighted by atomic mass is 10.1. The monoisotopic (exact) mass is 269 g/mol. The molecule has 0 aliphatic carbocycles. The second-order valence-electron chi connectivity index (χ2n) is 5.82. The molecule has 1 N–H and O–H groups in total. The van der Waals surface area contributed by atoms with Crippen LogP contribution in [0.25, 0.3) is 0 Å². The molecule has 0 saturated carbocycles. The fraction of sp³-hybridized carbons (Fsp3) is 0.933. The predicted molar refractivity (Wildman–Crippen MR) is 80.3 cm³/mol. The van der Waals surface area contributed by atoms with Gasteiger partial charge in [-0.25, -0.2) is 0 Å². The molecular formula is C15H31N3O. The first-order valence-electron chi connectivity index (χ1n) is 7.83. The molecule has 0 aromatic heterocycles. The van der Waals surface area contributed by atoms with Crippen molar-refractivity contribution in [1.29, 1.82) is 0 Å². The SMILES string of the molecule is CCCCN(CCC)C(=O)CN1C[C@@H](C)NC[C@@H]1C. The molecule has 1 saturated heterocycles. The summed E-state index contributed by atoms with van der Waals surface area (Å²) in [5.74, 6) is 0.302. The molecule has 1 fully saturated rings. The summed E-state index contributed by atoms with van der Waals surface area (Å²) >= 11 is 0. The zero-order chi connectivity index (χ0) is 14.3. The maximum atomic E-state index is 12.4. The minimum absolute atomic E-state index is 0.302. The van der Waals surface area contributed by atoms with Crippen molar-refractivity contribution < 1.29 is 4.79 Å². The first-order chi connectivity index (χ1) is 9.08. The van der Waals surface area contributed by atoms with E-state index in [9.17, 15) is 4.79 Å². The van der Waals surface area contributed by atoms with Gasteiger partial charge in [0.15, 0.2) is 0 Å². The topological polar surface area (TPSA) is 35.6 Å². The van der Waals surface area contributed by atoms with Crippen molar-refractivity contribution in [1.82, 2.24) is 15.1 Å². The van der Waals surface area contributed by atoms with Gasteiger partial charge in [0, 0.05) is 38.3 Å². The summed E-state index contributed by atoms with van der Waals surface area (Å²) in [6.07, 6.45) is 3.30. The number of rotatable bonds is 7. The maximum Gasteiger partial charge on any atom is 0.236 e. The molecule has 0 unspecified atom stereocenters. The summed E-state index contributed by atoms with van der Waals surface area (Å²) < 4.78 is 0. The van der Waals surface area contributed by atoms with Crippen LogP contribution in [0.1, 0.15) is 47.0 Å². The van der Waals surface area contributed by atoms with Crippen LogP contribution in [-0.4, -0.2) is 60.5 Å². The second-order valence-corrected chi connectivity index (χ2v) is 5.82. The van der Waals surface area contributed by atoms with Crippen LogP contribution in [-0.2, 0) is 4.79 Å². The summed E-state index contributed by atoms with van der Waals surface area (Å²) in [6, 6.07) is 0.939. The fourth-order valence-electron chi connectivity index (χ4n) is 2.57. The van der Waals surface area contributed by atoms with Gasteiger partial charge < -0.3 is 10.2 Å². The van der Waals surface area contributed by atoms with E-state index in [4.69, 9.17) is 0 Å². The molecule has 1 heterocycles. The maximum absolute atomic E-state index is 12.4. The normalized spacial score (nSPS) is 24.4. The highest BCUT2D eigenvalue weighted by molar-refractivity contribution is 5.78. The van der Waals surface area contributed by atoms with E-state index in [0.29, 0.717) is 24.5 Å². The highest BCUT2D eigenvalue weighted by atomic mass is 16.2. The van der Waals surface area contributed by atoms with Crippen LogP contribution < -0.4 is 5.32 Å². The molecule has 1 aliphatic heterocycles. The molecule has 4 nitrogen and oxygen atoms in total. The highest BCUT2D eigenvalue weighted by Crippen LogP contribution is 2.08. The highest BCUT2D eigenvalue weighted by Gasteiger charge is 2.25. The van der Waals surface area contributed by atoms with Crippen LogP contribution in [0.5, 0.6) is 0 Å². The van der Waals surface area contributed by atoms with Gasteiger partial charge in [0.05, 0.1) is 6.54 Å². The van der Waals surface area contributed by atoms with Crippen molar-refractivity contribution in [2.24, 2.45) is 0 Å². The summed E-state index contributed by atoms with van der Waals surface area (Å²) in [6.45, 7) is 13.0. The molecular weight excluding hydrogens is 238 g/mol. The Kier molecular flexibility index (Phi) is 7.39. The Bertz CT molecular complexity index is 270. The number of carbonyl (C=O) groups excluding carboxylic acids is 1. The van der Waals surface area contributed by atoms with E-state index in [-0.39, 0.29) is 0 Å². The van der Waals surface area contributed by atoms with Crippen LogP contribution in [0.15, 0.2) is 0 Å². The Morgan fingerprint density at radius 1 is 1.26 bits per heavy atom. The summed E-state index contributed by atoms with van der Waals surface area (Å²) in [7, 11) is 0. The van der Waals surface area contributed by atoms with Crippen LogP contribution in [0.3, 0.4) is 0 Å². The van der Waals surface area contributed by atoms with Crippen molar-refractivity contribution in [3.8, 4) is 0 Å². The Hall–Kier alpha value is -0.610. The molecule has 1 aliphatic rings. The fourth-order valence-corrected chi connectivity index (χ4v) is 2.57. The molecule has 4 heteroatoms. The Morgan fingerprint density at radius 2 is 2.00 bits per heavy atom. The molecule has 0 radical (unpaired) electrons. The summed E-state index contributed by atoms with van der Waals surface area (Å²) in [4.78, 5) is 16.8. The Balaban J connectivity index is 2.49. The average molecular weight is 269 g/mol. The second kappa shape index (κ2) is 8.54. The largest absolute Gasteiger partial charge is 0.342 e. The average Bonchev–Trinajstić information content (AvgIpc) is 2.38. The van der Waals surface area contributed by atoms with Gasteiger partial charge in [-0.3, -0.25) is 9.69 Å². The van der Waals surface area contributed by atoms with E-state index in [2.05, 4.69) is 37.9 Å². The quantitative estimate of drug-likeness (QED) is 0.764. The predicted octanol–water partition coefficient (Wildman–Crippen LogP) is 1.71. The molecule has 1 rings (SSSR count). The van der Waals surface area contributed by atoms with Crippen molar-refractivity contribution >= 4 is 5.91 Å². The lowest BCUT2D eigenvalue weighted by Crippen LogP contribution is -2.56. The van der Waals surface area contributed by atoms with E-state index in [1.54, 1.807) is 0 Å². The summed E-state index contributed by atoms with van der Waals surface area (Å²) in [5, 5.41) is 3.46. The molecule has 0 aromatic rings. The zero-order valence-corrected chi connectivity index (χ0v) is 13.1. The lowest BCUT2D eigenvalue weighted by Gasteiger charge is -2.38. The van der Waals surface area contributed by atoms with E-state index >= 15 is 0 Å². The molecule has 2 atom stereocenters. The van der Waals surface area contributed by atoms with E-state index in [1.807, 2.05) is 4.90 Å². The zero-order valence-electron chi connectivity index (χ0n) is 13.1. The van der Waals surface area contributed by atoms with Crippen LogP contribution in [0.4, 0.5) is 0 Å². The smallest absolute Gasteiger partial charge is 0.236 e. The van der Waals surface area contributed by atoms with Gasteiger partial charge in [0.1, 0.15) is 0 Å². The minimum atomic E-state index is 0.302. The van der Waals surface area contributed by atoms with Gasteiger partial charge in [0.2, 0.25) is 5.91 Å². The number of hydrogen-bond acceptors (Lipinski definition) is 3. The molecule has 19 heavy (non-hydrogen) atoms. The van der Waals surface area contributed by atoms with Crippen LogP contribution in [0, 0.1) is 0 Å². The van der Waals surface area contributed by atoms with Gasteiger partial charge in [-0.2, -0.15) is 0 Å². The number of carbonyl (C=O) groups is 1. The van der Waals surface area contributed by atoms with Crippen molar-refractivity contribution in [3.63, 3.8) is 0 Å². The van der Waals surface area contributed by atoms with Crippen molar-refractivity contribution in [2.75, 3.05) is 32.7 Å². The van der Waals surface area contributed by atoms with Crippen molar-refractivity contribution in [3.05, 3.63) is 0 Å². The standard InChI is InChI=1S/C15H31N3O/c1-5-7-9-17(8-6-2)15(19)12-18-11-13(3)16-10-14(18)4/h13-14,16H,5-12H2,1-4H3/t13-,14+/m1/s1. The first-order valence-corrected chi connectivity index (χ1v) is 7.83. The van der Waals surface area contributed by atoms with Gasteiger partial charge in [-0.05, 0) is 26.7 Å². The van der Waals surface area contributed by atoms with Gasteiger partial charge in [0.25, 0.3) is 0 Å². The van der Waals surface area contributed by atoms with Crippen LogP contribution >= 0.6 is 0 Å². The molecule has 0 bridgehead atoms. The Labute approximate surface area is 118 Å². The van der Waals surface area contributed by atoms with Crippen molar-refractivity contribution in [2.45, 2.75) is 59.0 Å². The molecule has 0 spiro atoms. The first kappa shape index (κ1) is 16.4. The van der Waals surface area contributed by atoms with Gasteiger partial charge in [-0.1, -0.05) is 20.3 Å². The third-order valence-electron chi connectivity index (χ3n) is 3.86.